The molecule has 0 aromatic rings. The monoisotopic (exact) mass is 240 g/mol. The van der Waals surface area contributed by atoms with Gasteiger partial charge >= 0.3 is 0 Å². The van der Waals surface area contributed by atoms with Gasteiger partial charge in [-0.15, -0.1) is 12.8 Å². The van der Waals surface area contributed by atoms with Gasteiger partial charge in [0.05, 0.1) is 0 Å². The van der Waals surface area contributed by atoms with Gasteiger partial charge in [0.2, 0.25) is 0 Å². The Morgan fingerprint density at radius 2 is 0.647 bits per heavy atom. The molecule has 0 saturated heterocycles. The zero-order valence-corrected chi connectivity index (χ0v) is 12.9. The number of unbranched alkanes of at least 4 members (excludes halogenated alkanes) is 10. The van der Waals surface area contributed by atoms with Crippen molar-refractivity contribution in [3.63, 3.8) is 0 Å². The van der Waals surface area contributed by atoms with Gasteiger partial charge in [0.25, 0.3) is 0 Å². The third kappa shape index (κ3) is 31.3. The van der Waals surface area contributed by atoms with Gasteiger partial charge in [0.15, 0.2) is 0 Å². The first-order valence-corrected chi connectivity index (χ1v) is 7.75. The highest BCUT2D eigenvalue weighted by Gasteiger charge is 1.90. The normalized spacial score (nSPS) is 8.59. The predicted molar refractivity (Wildman–Crippen MR) is 83.4 cm³/mol. The van der Waals surface area contributed by atoms with E-state index in [1.165, 1.54) is 70.6 Å². The molecule has 0 aromatic heterocycles. The fraction of sp³-hybridized carbons (Fsp3) is 0.882. The molecular formula is C17H36. The summed E-state index contributed by atoms with van der Waals surface area (Å²) >= 11 is 0. The van der Waals surface area contributed by atoms with E-state index in [2.05, 4.69) is 26.7 Å². The van der Waals surface area contributed by atoms with Crippen molar-refractivity contribution in [2.75, 3.05) is 0 Å². The van der Waals surface area contributed by atoms with Gasteiger partial charge in [0, 0.05) is 0 Å². The van der Waals surface area contributed by atoms with Gasteiger partial charge in [0.1, 0.15) is 0 Å². The van der Waals surface area contributed by atoms with Crippen LogP contribution in [0.4, 0.5) is 0 Å². The Labute approximate surface area is 112 Å². The molecule has 0 amide bonds. The summed E-state index contributed by atoms with van der Waals surface area (Å²) in [6.45, 7) is 8.56. The zero-order chi connectivity index (χ0) is 13.8. The largest absolute Gasteiger partial charge is 0.124 e. The van der Waals surface area contributed by atoms with Crippen LogP contribution in [0.2, 0.25) is 0 Å². The SMILES string of the molecule is C#C.CC.CCCCCCCCCCCCC. The van der Waals surface area contributed by atoms with E-state index in [4.69, 9.17) is 0 Å². The van der Waals surface area contributed by atoms with Gasteiger partial charge in [-0.1, -0.05) is 98.3 Å². The van der Waals surface area contributed by atoms with Gasteiger partial charge in [-0.25, -0.2) is 0 Å². The van der Waals surface area contributed by atoms with Crippen LogP contribution >= 0.6 is 0 Å². The molecule has 17 heavy (non-hydrogen) atoms. The molecule has 104 valence electrons. The fourth-order valence-electron chi connectivity index (χ4n) is 1.74. The molecule has 0 aromatic carbocycles. The molecule has 0 rings (SSSR count). The summed E-state index contributed by atoms with van der Waals surface area (Å²) in [5.41, 5.74) is 0. The van der Waals surface area contributed by atoms with Crippen LogP contribution in [0, 0.1) is 12.8 Å². The molecule has 0 spiro atoms. The van der Waals surface area contributed by atoms with Crippen molar-refractivity contribution in [3.05, 3.63) is 0 Å². The Balaban J connectivity index is -0.000000439. The summed E-state index contributed by atoms with van der Waals surface area (Å²) < 4.78 is 0. The van der Waals surface area contributed by atoms with Crippen molar-refractivity contribution >= 4 is 0 Å². The third-order valence-electron chi connectivity index (χ3n) is 2.71. The van der Waals surface area contributed by atoms with Crippen LogP contribution in [-0.2, 0) is 0 Å². The molecule has 0 aliphatic heterocycles. The van der Waals surface area contributed by atoms with E-state index in [0.717, 1.165) is 0 Å². The highest BCUT2D eigenvalue weighted by atomic mass is 14.0. The average Bonchev–Trinajstić information content (AvgIpc) is 2.42. The second-order valence-corrected chi connectivity index (χ2v) is 4.18. The van der Waals surface area contributed by atoms with Crippen molar-refractivity contribution < 1.29 is 0 Å². The molecule has 0 heterocycles. The lowest BCUT2D eigenvalue weighted by Gasteiger charge is -2.00. The first kappa shape index (κ1) is 21.8. The van der Waals surface area contributed by atoms with Crippen molar-refractivity contribution in [1.29, 1.82) is 0 Å². The van der Waals surface area contributed by atoms with Gasteiger partial charge in [-0.2, -0.15) is 0 Å². The molecule has 0 N–H and O–H groups in total. The van der Waals surface area contributed by atoms with Crippen LogP contribution in [-0.4, -0.2) is 0 Å². The van der Waals surface area contributed by atoms with E-state index in [0.29, 0.717) is 0 Å². The van der Waals surface area contributed by atoms with E-state index in [1.54, 1.807) is 0 Å². The molecular weight excluding hydrogens is 204 g/mol. The molecule has 0 aliphatic carbocycles. The number of hydrogen-bond donors (Lipinski definition) is 0. The van der Waals surface area contributed by atoms with E-state index >= 15 is 0 Å². The summed E-state index contributed by atoms with van der Waals surface area (Å²) in [5.74, 6) is 0. The Kier molecular flexibility index (Phi) is 37.9. The quantitative estimate of drug-likeness (QED) is 0.298. The highest BCUT2D eigenvalue weighted by Crippen LogP contribution is 2.10. The summed E-state index contributed by atoms with van der Waals surface area (Å²) in [4.78, 5) is 0. The standard InChI is InChI=1S/C13H28.C2H6.C2H2/c1-3-5-7-9-11-13-12-10-8-6-4-2;2*1-2/h3-13H2,1-2H3;1-2H3;1-2H. The maximum absolute atomic E-state index is 4.00. The molecule has 0 aliphatic rings. The first-order valence-electron chi connectivity index (χ1n) is 7.75. The minimum atomic E-state index is 1.37. The Morgan fingerprint density at radius 3 is 0.824 bits per heavy atom. The lowest BCUT2D eigenvalue weighted by molar-refractivity contribution is 0.554. The predicted octanol–water partition coefficient (Wildman–Crippen LogP) is 6.59. The molecule has 0 saturated carbocycles. The number of hydrogen-bond acceptors (Lipinski definition) is 0. The van der Waals surface area contributed by atoms with Crippen molar-refractivity contribution in [3.8, 4) is 12.8 Å². The van der Waals surface area contributed by atoms with Crippen molar-refractivity contribution in [2.45, 2.75) is 98.3 Å². The maximum Gasteiger partial charge on any atom is -0.0533 e. The lowest BCUT2D eigenvalue weighted by atomic mass is 10.1. The molecule has 0 radical (unpaired) electrons. The van der Waals surface area contributed by atoms with Crippen LogP contribution in [0.1, 0.15) is 98.3 Å². The first-order chi connectivity index (χ1) is 8.41. The van der Waals surface area contributed by atoms with Crippen LogP contribution in [0.25, 0.3) is 0 Å². The van der Waals surface area contributed by atoms with Crippen molar-refractivity contribution in [2.24, 2.45) is 0 Å². The molecule has 0 fully saturated rings. The molecule has 0 nitrogen and oxygen atoms in total. The molecule has 0 heteroatoms. The smallest absolute Gasteiger partial charge is 0.0533 e. The minimum Gasteiger partial charge on any atom is -0.124 e. The van der Waals surface area contributed by atoms with E-state index in [9.17, 15) is 0 Å². The second kappa shape index (κ2) is 29.6. The Hall–Kier alpha value is -0.440. The average molecular weight is 240 g/mol. The molecule has 0 bridgehead atoms. The third-order valence-corrected chi connectivity index (χ3v) is 2.71. The van der Waals surface area contributed by atoms with Crippen LogP contribution in [0.15, 0.2) is 0 Å². The highest BCUT2D eigenvalue weighted by molar-refractivity contribution is 4.47. The summed E-state index contributed by atoms with van der Waals surface area (Å²) in [5, 5.41) is 0. The molecule has 0 atom stereocenters. The van der Waals surface area contributed by atoms with Crippen LogP contribution < -0.4 is 0 Å². The molecule has 0 unspecified atom stereocenters. The Morgan fingerprint density at radius 1 is 0.471 bits per heavy atom. The zero-order valence-electron chi connectivity index (χ0n) is 12.9. The van der Waals surface area contributed by atoms with E-state index in [-0.39, 0.29) is 0 Å². The van der Waals surface area contributed by atoms with Gasteiger partial charge in [-0.05, 0) is 0 Å². The second-order valence-electron chi connectivity index (χ2n) is 4.18. The lowest BCUT2D eigenvalue weighted by Crippen LogP contribution is -1.80. The Bertz CT molecular complexity index is 91.9. The van der Waals surface area contributed by atoms with Gasteiger partial charge < -0.3 is 0 Å². The van der Waals surface area contributed by atoms with E-state index in [1.807, 2.05) is 13.8 Å². The maximum atomic E-state index is 4.00. The summed E-state index contributed by atoms with van der Waals surface area (Å²) in [6.07, 6.45) is 23.9. The van der Waals surface area contributed by atoms with Gasteiger partial charge in [-0.3, -0.25) is 0 Å². The van der Waals surface area contributed by atoms with Crippen LogP contribution in [0.5, 0.6) is 0 Å². The summed E-state index contributed by atoms with van der Waals surface area (Å²) in [7, 11) is 0. The van der Waals surface area contributed by atoms with Crippen LogP contribution in [0.3, 0.4) is 0 Å². The van der Waals surface area contributed by atoms with E-state index < -0.39 is 0 Å². The van der Waals surface area contributed by atoms with Crippen molar-refractivity contribution in [1.82, 2.24) is 0 Å². The minimum absolute atomic E-state index is 1.37. The number of rotatable bonds is 10. The fourth-order valence-corrected chi connectivity index (χ4v) is 1.74. The summed E-state index contributed by atoms with van der Waals surface area (Å²) in [6, 6.07) is 0. The topological polar surface area (TPSA) is 0 Å². The number of terminal acetylenes is 1.